The van der Waals surface area contributed by atoms with Crippen LogP contribution in [-0.2, 0) is 18.3 Å². The first-order chi connectivity index (χ1) is 11.3. The second-order valence-electron chi connectivity index (χ2n) is 5.34. The summed E-state index contributed by atoms with van der Waals surface area (Å²) >= 11 is 0. The number of ether oxygens (including phenoxy) is 2. The number of non-ortho nitro benzene ring substituents is 1. The predicted octanol–water partition coefficient (Wildman–Crippen LogP) is 2.49. The highest BCUT2D eigenvalue weighted by Gasteiger charge is 2.17. The number of aromatic nitrogens is 2. The number of aryl methyl sites for hydroxylation is 2. The fourth-order valence-electron chi connectivity index (χ4n) is 2.44. The number of methoxy groups -OCH3 is 1. The van der Waals surface area contributed by atoms with Crippen molar-refractivity contribution in [2.45, 2.75) is 26.7 Å². The Morgan fingerprint density at radius 3 is 2.58 bits per heavy atom. The van der Waals surface area contributed by atoms with Crippen molar-refractivity contribution < 1.29 is 19.2 Å². The van der Waals surface area contributed by atoms with Crippen molar-refractivity contribution in [3.8, 4) is 11.5 Å². The van der Waals surface area contributed by atoms with Gasteiger partial charge in [0.1, 0.15) is 0 Å². The van der Waals surface area contributed by atoms with E-state index in [1.807, 2.05) is 20.9 Å². The van der Waals surface area contributed by atoms with E-state index in [4.69, 9.17) is 9.47 Å². The zero-order chi connectivity index (χ0) is 17.9. The lowest BCUT2D eigenvalue weighted by atomic mass is 10.1. The summed E-state index contributed by atoms with van der Waals surface area (Å²) in [6.07, 6.45) is 0.626. The second kappa shape index (κ2) is 7.12. The van der Waals surface area contributed by atoms with Crippen molar-refractivity contribution in [2.75, 3.05) is 7.11 Å². The van der Waals surface area contributed by atoms with Gasteiger partial charge in [-0.15, -0.1) is 0 Å². The summed E-state index contributed by atoms with van der Waals surface area (Å²) in [4.78, 5) is 22.4. The summed E-state index contributed by atoms with van der Waals surface area (Å²) in [5.74, 6) is -0.185. The van der Waals surface area contributed by atoms with Crippen molar-refractivity contribution in [3.63, 3.8) is 0 Å². The van der Waals surface area contributed by atoms with Gasteiger partial charge in [-0.05, 0) is 31.9 Å². The lowest BCUT2D eigenvalue weighted by Gasteiger charge is -2.09. The normalized spacial score (nSPS) is 10.5. The number of hydrogen-bond acceptors (Lipinski definition) is 6. The molecular formula is C16H19N3O5. The number of hydrogen-bond donors (Lipinski definition) is 0. The van der Waals surface area contributed by atoms with Gasteiger partial charge in [0, 0.05) is 18.8 Å². The molecule has 0 radical (unpaired) electrons. The molecule has 0 aliphatic carbocycles. The van der Waals surface area contributed by atoms with E-state index in [1.54, 1.807) is 4.68 Å². The average Bonchev–Trinajstić information content (AvgIpc) is 2.78. The maximum absolute atomic E-state index is 12.1. The highest BCUT2D eigenvalue weighted by molar-refractivity contribution is 5.74. The van der Waals surface area contributed by atoms with Crippen molar-refractivity contribution in [1.82, 2.24) is 9.78 Å². The smallest absolute Gasteiger partial charge is 0.311 e. The molecule has 0 unspecified atom stereocenters. The van der Waals surface area contributed by atoms with E-state index in [2.05, 4.69) is 5.10 Å². The van der Waals surface area contributed by atoms with Gasteiger partial charge in [0.2, 0.25) is 0 Å². The summed E-state index contributed by atoms with van der Waals surface area (Å²) in [6.45, 7) is 3.82. The molecule has 0 N–H and O–H groups in total. The average molecular weight is 333 g/mol. The molecule has 128 valence electrons. The molecule has 24 heavy (non-hydrogen) atoms. The van der Waals surface area contributed by atoms with E-state index in [9.17, 15) is 14.9 Å². The highest BCUT2D eigenvalue weighted by Crippen LogP contribution is 2.31. The molecule has 1 heterocycles. The van der Waals surface area contributed by atoms with Gasteiger partial charge in [-0.2, -0.15) is 5.10 Å². The second-order valence-corrected chi connectivity index (χ2v) is 5.34. The molecule has 1 aromatic heterocycles. The number of nitrogens with zero attached hydrogens (tertiary/aromatic N) is 3. The third-order valence-electron chi connectivity index (χ3n) is 3.82. The molecule has 0 spiro atoms. The molecule has 0 amide bonds. The SMILES string of the molecule is COc1ccc([N+](=O)[O-])cc1OC(=O)CCc1c(C)nn(C)c1C. The van der Waals surface area contributed by atoms with Crippen molar-refractivity contribution >= 4 is 11.7 Å². The van der Waals surface area contributed by atoms with E-state index in [0.29, 0.717) is 6.42 Å². The molecule has 0 aliphatic rings. The first-order valence-corrected chi connectivity index (χ1v) is 7.35. The minimum Gasteiger partial charge on any atom is -0.493 e. The molecule has 8 nitrogen and oxygen atoms in total. The molecule has 1 aromatic carbocycles. The summed E-state index contributed by atoms with van der Waals surface area (Å²) in [6, 6.07) is 3.87. The Labute approximate surface area is 139 Å². The third kappa shape index (κ3) is 3.70. The number of nitro benzene ring substituents is 1. The van der Waals surface area contributed by atoms with E-state index >= 15 is 0 Å². The zero-order valence-electron chi connectivity index (χ0n) is 14.0. The lowest BCUT2D eigenvalue weighted by Crippen LogP contribution is -2.10. The van der Waals surface area contributed by atoms with Gasteiger partial charge < -0.3 is 9.47 Å². The molecule has 0 bridgehead atoms. The summed E-state index contributed by atoms with van der Waals surface area (Å²) in [5.41, 5.74) is 2.70. The molecular weight excluding hydrogens is 314 g/mol. The molecule has 0 atom stereocenters. The van der Waals surface area contributed by atoms with E-state index in [-0.39, 0.29) is 23.6 Å². The third-order valence-corrected chi connectivity index (χ3v) is 3.82. The van der Waals surface area contributed by atoms with Gasteiger partial charge in [0.05, 0.1) is 30.2 Å². The Balaban J connectivity index is 2.09. The molecule has 0 aliphatic heterocycles. The largest absolute Gasteiger partial charge is 0.493 e. The van der Waals surface area contributed by atoms with E-state index in [1.165, 1.54) is 25.3 Å². The fraction of sp³-hybridized carbons (Fsp3) is 0.375. The van der Waals surface area contributed by atoms with Gasteiger partial charge >= 0.3 is 5.97 Å². The topological polar surface area (TPSA) is 96.5 Å². The van der Waals surface area contributed by atoms with Crippen LogP contribution in [-0.4, -0.2) is 27.8 Å². The molecule has 2 aromatic rings. The minimum absolute atomic E-state index is 0.0383. The van der Waals surface area contributed by atoms with Crippen LogP contribution in [0.1, 0.15) is 23.4 Å². The number of rotatable bonds is 6. The van der Waals surface area contributed by atoms with Crippen molar-refractivity contribution in [1.29, 1.82) is 0 Å². The van der Waals surface area contributed by atoms with Crippen LogP contribution in [0.3, 0.4) is 0 Å². The monoisotopic (exact) mass is 333 g/mol. The maximum atomic E-state index is 12.1. The van der Waals surface area contributed by atoms with Gasteiger partial charge in [-0.25, -0.2) is 0 Å². The van der Waals surface area contributed by atoms with Crippen LogP contribution in [0.2, 0.25) is 0 Å². The number of carbonyl (C=O) groups is 1. The summed E-state index contributed by atoms with van der Waals surface area (Å²) in [5, 5.41) is 15.1. The number of nitro groups is 1. The predicted molar refractivity (Wildman–Crippen MR) is 86.3 cm³/mol. The number of benzene rings is 1. The zero-order valence-corrected chi connectivity index (χ0v) is 14.0. The van der Waals surface area contributed by atoms with E-state index < -0.39 is 10.9 Å². The Morgan fingerprint density at radius 2 is 2.04 bits per heavy atom. The number of carbonyl (C=O) groups excluding carboxylic acids is 1. The van der Waals surface area contributed by atoms with Gasteiger partial charge in [0.15, 0.2) is 11.5 Å². The molecule has 0 saturated heterocycles. The van der Waals surface area contributed by atoms with Crippen molar-refractivity contribution in [2.24, 2.45) is 7.05 Å². The van der Waals surface area contributed by atoms with Crippen LogP contribution in [0, 0.1) is 24.0 Å². The van der Waals surface area contributed by atoms with Crippen LogP contribution in [0.25, 0.3) is 0 Å². The molecule has 0 fully saturated rings. The van der Waals surface area contributed by atoms with Crippen LogP contribution in [0.4, 0.5) is 5.69 Å². The Hall–Kier alpha value is -2.90. The molecule has 8 heteroatoms. The standard InChI is InChI=1S/C16H19N3O5/c1-10-13(11(2)18(3)17-10)6-8-16(20)24-15-9-12(19(21)22)5-7-14(15)23-4/h5,7,9H,6,8H2,1-4H3. The van der Waals surface area contributed by atoms with Crippen molar-refractivity contribution in [3.05, 3.63) is 45.3 Å². The maximum Gasteiger partial charge on any atom is 0.311 e. The summed E-state index contributed by atoms with van der Waals surface area (Å²) in [7, 11) is 3.25. The van der Waals surface area contributed by atoms with Crippen LogP contribution in [0.5, 0.6) is 11.5 Å². The Morgan fingerprint density at radius 1 is 1.33 bits per heavy atom. The molecule has 2 rings (SSSR count). The van der Waals surface area contributed by atoms with Gasteiger partial charge in [0.25, 0.3) is 5.69 Å². The highest BCUT2D eigenvalue weighted by atomic mass is 16.6. The minimum atomic E-state index is -0.556. The van der Waals surface area contributed by atoms with Crippen LogP contribution >= 0.6 is 0 Å². The van der Waals surface area contributed by atoms with Crippen LogP contribution in [0.15, 0.2) is 18.2 Å². The lowest BCUT2D eigenvalue weighted by molar-refractivity contribution is -0.384. The first kappa shape index (κ1) is 17.5. The fourth-order valence-corrected chi connectivity index (χ4v) is 2.44. The Bertz CT molecular complexity index is 782. The first-order valence-electron chi connectivity index (χ1n) is 7.35. The van der Waals surface area contributed by atoms with Gasteiger partial charge in [-0.3, -0.25) is 19.6 Å². The van der Waals surface area contributed by atoms with E-state index in [0.717, 1.165) is 17.0 Å². The summed E-state index contributed by atoms with van der Waals surface area (Å²) < 4.78 is 12.1. The Kier molecular flexibility index (Phi) is 5.18. The quantitative estimate of drug-likeness (QED) is 0.349. The van der Waals surface area contributed by atoms with Gasteiger partial charge in [-0.1, -0.05) is 0 Å². The molecule has 0 saturated carbocycles. The number of esters is 1. The van der Waals surface area contributed by atoms with Crippen LogP contribution < -0.4 is 9.47 Å².